The highest BCUT2D eigenvalue weighted by Crippen LogP contribution is 2.16. The molecule has 2 rings (SSSR count). The molecule has 106 valence electrons. The van der Waals surface area contributed by atoms with Gasteiger partial charge in [-0.1, -0.05) is 29.8 Å². The van der Waals surface area contributed by atoms with Gasteiger partial charge in [0.05, 0.1) is 6.54 Å². The molecule has 1 aromatic carbocycles. The molecule has 0 saturated carbocycles. The molecule has 0 bridgehead atoms. The third-order valence-corrected chi connectivity index (χ3v) is 3.89. The molecule has 1 heterocycles. The minimum atomic E-state index is 0.0452. The van der Waals surface area contributed by atoms with Crippen molar-refractivity contribution >= 4 is 17.5 Å². The molecular formula is C16H19ClN2O. The Morgan fingerprint density at radius 2 is 2.00 bits per heavy atom. The minimum Gasteiger partial charge on any atom is -0.351 e. The summed E-state index contributed by atoms with van der Waals surface area (Å²) in [4.78, 5) is 11.9. The Morgan fingerprint density at radius 1 is 1.25 bits per heavy atom. The van der Waals surface area contributed by atoms with Gasteiger partial charge in [0.1, 0.15) is 0 Å². The van der Waals surface area contributed by atoms with Crippen LogP contribution in [0, 0.1) is 6.92 Å². The van der Waals surface area contributed by atoms with Crippen LogP contribution in [0.4, 0.5) is 0 Å². The summed E-state index contributed by atoms with van der Waals surface area (Å²) in [6, 6.07) is 11.7. The average molecular weight is 291 g/mol. The first-order valence-electron chi connectivity index (χ1n) is 6.69. The molecule has 20 heavy (non-hydrogen) atoms. The predicted molar refractivity (Wildman–Crippen MR) is 81.8 cm³/mol. The molecule has 0 atom stereocenters. The number of hydrogen-bond donors (Lipinski definition) is 1. The Balaban J connectivity index is 1.82. The van der Waals surface area contributed by atoms with Gasteiger partial charge in [-0.3, -0.25) is 4.79 Å². The Morgan fingerprint density at radius 3 is 2.65 bits per heavy atom. The van der Waals surface area contributed by atoms with Crippen LogP contribution in [0.15, 0.2) is 36.4 Å². The summed E-state index contributed by atoms with van der Waals surface area (Å²) in [7, 11) is 2.00. The average Bonchev–Trinajstić information content (AvgIpc) is 2.76. The Hall–Kier alpha value is -1.74. The summed E-state index contributed by atoms with van der Waals surface area (Å²) in [5.41, 5.74) is 3.30. The van der Waals surface area contributed by atoms with E-state index in [9.17, 15) is 4.79 Å². The first kappa shape index (κ1) is 14.7. The van der Waals surface area contributed by atoms with Crippen LogP contribution in [0.1, 0.15) is 23.4 Å². The summed E-state index contributed by atoms with van der Waals surface area (Å²) < 4.78 is 2.08. The fraction of sp³-hybridized carbons (Fsp3) is 0.312. The van der Waals surface area contributed by atoms with E-state index < -0.39 is 0 Å². The van der Waals surface area contributed by atoms with Crippen molar-refractivity contribution in [3.8, 4) is 0 Å². The second kappa shape index (κ2) is 6.62. The van der Waals surface area contributed by atoms with E-state index in [1.165, 1.54) is 5.69 Å². The summed E-state index contributed by atoms with van der Waals surface area (Å²) in [6.45, 7) is 2.61. The minimum absolute atomic E-state index is 0.0452. The van der Waals surface area contributed by atoms with Gasteiger partial charge in [0.25, 0.3) is 0 Å². The number of nitrogens with zero attached hydrogens (tertiary/aromatic N) is 1. The van der Waals surface area contributed by atoms with E-state index in [0.717, 1.165) is 16.3 Å². The van der Waals surface area contributed by atoms with E-state index in [-0.39, 0.29) is 5.91 Å². The largest absolute Gasteiger partial charge is 0.351 e. The van der Waals surface area contributed by atoms with E-state index in [2.05, 4.69) is 9.88 Å². The van der Waals surface area contributed by atoms with Gasteiger partial charge in [-0.15, -0.1) is 0 Å². The van der Waals surface area contributed by atoms with Gasteiger partial charge >= 0.3 is 0 Å². The Bertz CT molecular complexity index is 604. The quantitative estimate of drug-likeness (QED) is 0.901. The number of amides is 1. The van der Waals surface area contributed by atoms with Gasteiger partial charge in [0.2, 0.25) is 5.91 Å². The van der Waals surface area contributed by atoms with Crippen molar-refractivity contribution in [2.75, 3.05) is 0 Å². The lowest BCUT2D eigenvalue weighted by Gasteiger charge is -2.08. The van der Waals surface area contributed by atoms with Gasteiger partial charge in [-0.25, -0.2) is 0 Å². The van der Waals surface area contributed by atoms with Crippen LogP contribution >= 0.6 is 11.6 Å². The standard InChI is InChI=1S/C16H19ClN2O/c1-12-7-9-14(19(12)2)11-18-16(20)10-8-13-5-3-4-6-15(13)17/h3-7,9H,8,10-11H2,1-2H3,(H,18,20). The van der Waals surface area contributed by atoms with E-state index in [1.807, 2.05) is 50.4 Å². The van der Waals surface area contributed by atoms with Crippen LogP contribution in [0.5, 0.6) is 0 Å². The zero-order valence-corrected chi connectivity index (χ0v) is 12.6. The zero-order valence-electron chi connectivity index (χ0n) is 11.8. The smallest absolute Gasteiger partial charge is 0.220 e. The first-order valence-corrected chi connectivity index (χ1v) is 7.07. The van der Waals surface area contributed by atoms with Crippen molar-refractivity contribution in [1.29, 1.82) is 0 Å². The molecule has 0 radical (unpaired) electrons. The molecule has 0 fully saturated rings. The van der Waals surface area contributed by atoms with E-state index in [4.69, 9.17) is 11.6 Å². The molecule has 0 saturated heterocycles. The number of benzene rings is 1. The summed E-state index contributed by atoms with van der Waals surface area (Å²) in [5, 5.41) is 3.66. The van der Waals surface area contributed by atoms with Crippen molar-refractivity contribution in [1.82, 2.24) is 9.88 Å². The Kier molecular flexibility index (Phi) is 4.85. The number of carbonyl (C=O) groups is 1. The Labute approximate surface area is 124 Å². The second-order valence-electron chi connectivity index (χ2n) is 4.89. The number of nitrogens with one attached hydrogen (secondary N) is 1. The highest BCUT2D eigenvalue weighted by atomic mass is 35.5. The fourth-order valence-electron chi connectivity index (χ4n) is 2.07. The monoisotopic (exact) mass is 290 g/mol. The maximum Gasteiger partial charge on any atom is 0.220 e. The summed E-state index contributed by atoms with van der Waals surface area (Å²) >= 11 is 6.07. The van der Waals surface area contributed by atoms with E-state index in [0.29, 0.717) is 19.4 Å². The fourth-order valence-corrected chi connectivity index (χ4v) is 2.30. The van der Waals surface area contributed by atoms with Gasteiger partial charge < -0.3 is 9.88 Å². The number of aromatic nitrogens is 1. The topological polar surface area (TPSA) is 34.0 Å². The number of rotatable bonds is 5. The molecule has 1 N–H and O–H groups in total. The second-order valence-corrected chi connectivity index (χ2v) is 5.30. The van der Waals surface area contributed by atoms with Crippen molar-refractivity contribution in [3.05, 3.63) is 58.4 Å². The van der Waals surface area contributed by atoms with Crippen LogP contribution in [0.3, 0.4) is 0 Å². The normalized spacial score (nSPS) is 10.6. The van der Waals surface area contributed by atoms with E-state index >= 15 is 0 Å². The number of halogens is 1. The van der Waals surface area contributed by atoms with Crippen LogP contribution < -0.4 is 5.32 Å². The van der Waals surface area contributed by atoms with Crippen LogP contribution in [-0.2, 0) is 24.8 Å². The zero-order chi connectivity index (χ0) is 14.5. The van der Waals surface area contributed by atoms with Gasteiger partial charge in [0, 0.05) is 29.9 Å². The molecule has 4 heteroatoms. The summed E-state index contributed by atoms with van der Waals surface area (Å²) in [5.74, 6) is 0.0452. The maximum absolute atomic E-state index is 11.9. The number of carbonyl (C=O) groups excluding carboxylic acids is 1. The third-order valence-electron chi connectivity index (χ3n) is 3.52. The third kappa shape index (κ3) is 3.64. The van der Waals surface area contributed by atoms with Crippen LogP contribution in [0.2, 0.25) is 5.02 Å². The van der Waals surface area contributed by atoms with Crippen molar-refractivity contribution in [2.45, 2.75) is 26.3 Å². The predicted octanol–water partition coefficient (Wildman–Crippen LogP) is 3.24. The first-order chi connectivity index (χ1) is 9.58. The molecule has 3 nitrogen and oxygen atoms in total. The van der Waals surface area contributed by atoms with Crippen LogP contribution in [0.25, 0.3) is 0 Å². The molecule has 1 aromatic heterocycles. The molecular weight excluding hydrogens is 272 g/mol. The SMILES string of the molecule is Cc1ccc(CNC(=O)CCc2ccccc2Cl)n1C. The van der Waals surface area contributed by atoms with Crippen molar-refractivity contribution < 1.29 is 4.79 Å². The highest BCUT2D eigenvalue weighted by Gasteiger charge is 2.06. The van der Waals surface area contributed by atoms with Crippen LogP contribution in [-0.4, -0.2) is 10.5 Å². The maximum atomic E-state index is 11.9. The van der Waals surface area contributed by atoms with Crippen molar-refractivity contribution in [3.63, 3.8) is 0 Å². The lowest BCUT2D eigenvalue weighted by Crippen LogP contribution is -2.24. The lowest BCUT2D eigenvalue weighted by molar-refractivity contribution is -0.121. The van der Waals surface area contributed by atoms with Gasteiger partial charge in [0.15, 0.2) is 0 Å². The van der Waals surface area contributed by atoms with Gasteiger partial charge in [-0.05, 0) is 37.1 Å². The highest BCUT2D eigenvalue weighted by molar-refractivity contribution is 6.31. The molecule has 1 amide bonds. The lowest BCUT2D eigenvalue weighted by atomic mass is 10.1. The molecule has 0 aliphatic carbocycles. The molecule has 0 aliphatic rings. The van der Waals surface area contributed by atoms with E-state index in [1.54, 1.807) is 0 Å². The van der Waals surface area contributed by atoms with Gasteiger partial charge in [-0.2, -0.15) is 0 Å². The summed E-state index contributed by atoms with van der Waals surface area (Å²) in [6.07, 6.45) is 1.12. The number of aryl methyl sites for hydroxylation is 2. The molecule has 0 aliphatic heterocycles. The molecule has 0 spiro atoms. The molecule has 2 aromatic rings. The van der Waals surface area contributed by atoms with Crippen molar-refractivity contribution in [2.24, 2.45) is 7.05 Å². The number of hydrogen-bond acceptors (Lipinski definition) is 1. The molecule has 0 unspecified atom stereocenters.